The lowest BCUT2D eigenvalue weighted by Crippen LogP contribution is -2.66. The van der Waals surface area contributed by atoms with Crippen LogP contribution in [0.3, 0.4) is 0 Å². The van der Waals surface area contributed by atoms with Crippen molar-refractivity contribution >= 4 is 62.3 Å². The van der Waals surface area contributed by atoms with Crippen LogP contribution in [0.5, 0.6) is 0 Å². The summed E-state index contributed by atoms with van der Waals surface area (Å²) in [5.41, 5.74) is 0.00351. The summed E-state index contributed by atoms with van der Waals surface area (Å²) in [6.07, 6.45) is 1.50. The highest BCUT2D eigenvalue weighted by Crippen LogP contribution is 2.51. The molecular weight excluding hydrogens is 629 g/mol. The molecule has 1 N–H and O–H groups in total. The van der Waals surface area contributed by atoms with Gasteiger partial charge < -0.3 is 27.4 Å². The number of ether oxygens (including phenoxy) is 1. The molecule has 202 valence electrons. The molecule has 2 saturated heterocycles. The zero-order chi connectivity index (χ0) is 26.8. The Bertz CT molecular complexity index is 1100. The van der Waals surface area contributed by atoms with Crippen LogP contribution in [-0.2, 0) is 17.7 Å². The van der Waals surface area contributed by atoms with Crippen LogP contribution in [0.2, 0.25) is 27.3 Å². The van der Waals surface area contributed by atoms with Gasteiger partial charge >= 0.3 is 17.1 Å². The van der Waals surface area contributed by atoms with Gasteiger partial charge in [0.1, 0.15) is 34.9 Å². The van der Waals surface area contributed by atoms with Gasteiger partial charge in [-0.05, 0) is 51.7 Å². The van der Waals surface area contributed by atoms with Crippen LogP contribution in [0.25, 0.3) is 11.0 Å². The van der Waals surface area contributed by atoms with E-state index in [2.05, 4.69) is 87.9 Å². The summed E-state index contributed by atoms with van der Waals surface area (Å²) < 4.78 is 30.6. The van der Waals surface area contributed by atoms with Crippen LogP contribution < -0.4 is 0 Å². The quantitative estimate of drug-likeness (QED) is 0.228. The van der Waals surface area contributed by atoms with E-state index in [1.165, 1.54) is 6.33 Å². The number of rotatable bonds is 5. The number of hydrogen-bond acceptors (Lipinski definition) is 7. The third-order valence-electron chi connectivity index (χ3n) is 7.81. The molecule has 0 radical (unpaired) electrons. The number of nitrogens with zero attached hydrogens (tertiary/aromatic N) is 3. The van der Waals surface area contributed by atoms with E-state index in [1.54, 1.807) is 6.92 Å². The highest BCUT2D eigenvalue weighted by Gasteiger charge is 2.64. The summed E-state index contributed by atoms with van der Waals surface area (Å²) in [6.45, 7) is 19.5. The smallest absolute Gasteiger partial charge is 0.335 e. The summed E-state index contributed by atoms with van der Waals surface area (Å²) in [6, 6.07) is 0. The van der Waals surface area contributed by atoms with Crippen molar-refractivity contribution in [2.24, 2.45) is 0 Å². The fourth-order valence-corrected chi connectivity index (χ4v) is 18.3. The molecule has 2 aliphatic heterocycles. The standard InChI is InChI=1S/C24H39ClIN3O5Si2/c1-13(2)35(14(3)4)31-11-18-20(33-36(34-35,15(5)6)16(7)8)24(9,30)23(32-18)29-10-17(26)19-21(25)27-12-28-22(19)29/h10,12-16,18,20,23,30H,11H2,1-9H3/t18?,20-,23?,24+/m1/s1. The zero-order valence-electron chi connectivity index (χ0n) is 22.6. The normalized spacial score (nSPS) is 30.4. The van der Waals surface area contributed by atoms with Crippen LogP contribution in [0.15, 0.2) is 12.5 Å². The first kappa shape index (κ1) is 28.9. The third-order valence-corrected chi connectivity index (χ3v) is 19.1. The van der Waals surface area contributed by atoms with Crippen molar-refractivity contribution in [3.05, 3.63) is 21.2 Å². The monoisotopic (exact) mass is 667 g/mol. The van der Waals surface area contributed by atoms with Gasteiger partial charge in [-0.2, -0.15) is 0 Å². The van der Waals surface area contributed by atoms with E-state index < -0.39 is 41.2 Å². The third kappa shape index (κ3) is 4.43. The fraction of sp³-hybridized carbons (Fsp3) is 0.750. The van der Waals surface area contributed by atoms with Crippen LogP contribution in [-0.4, -0.2) is 61.2 Å². The first-order valence-electron chi connectivity index (χ1n) is 12.7. The lowest BCUT2D eigenvalue weighted by molar-refractivity contribution is -0.0935. The number of aliphatic hydroxyl groups is 1. The molecule has 36 heavy (non-hydrogen) atoms. The van der Waals surface area contributed by atoms with E-state index in [9.17, 15) is 5.11 Å². The lowest BCUT2D eigenvalue weighted by Gasteiger charge is -2.52. The van der Waals surface area contributed by atoms with Crippen LogP contribution in [0.1, 0.15) is 68.5 Å². The first-order chi connectivity index (χ1) is 16.7. The van der Waals surface area contributed by atoms with Crippen molar-refractivity contribution in [3.63, 3.8) is 0 Å². The minimum absolute atomic E-state index is 0.152. The topological polar surface area (TPSA) is 87.9 Å². The predicted molar refractivity (Wildman–Crippen MR) is 154 cm³/mol. The average molecular weight is 668 g/mol. The van der Waals surface area contributed by atoms with Gasteiger partial charge in [0.25, 0.3) is 0 Å². The van der Waals surface area contributed by atoms with Gasteiger partial charge in [-0.25, -0.2) is 9.97 Å². The molecule has 0 bridgehead atoms. The second kappa shape index (κ2) is 10.1. The van der Waals surface area contributed by atoms with Gasteiger partial charge in [0, 0.05) is 9.77 Å². The largest absolute Gasteiger partial charge is 0.414 e. The van der Waals surface area contributed by atoms with Crippen molar-refractivity contribution in [1.82, 2.24) is 14.5 Å². The number of fused-ring (bicyclic) bond motifs is 2. The number of aromatic nitrogens is 3. The van der Waals surface area contributed by atoms with E-state index >= 15 is 0 Å². The molecular formula is C24H39ClIN3O5Si2. The Kier molecular flexibility index (Phi) is 8.12. The van der Waals surface area contributed by atoms with Crippen LogP contribution in [0.4, 0.5) is 0 Å². The molecule has 8 nitrogen and oxygen atoms in total. The van der Waals surface area contributed by atoms with Crippen molar-refractivity contribution < 1.29 is 22.8 Å². The molecule has 0 saturated carbocycles. The molecule has 0 amide bonds. The Hall–Kier alpha value is -0.126. The van der Waals surface area contributed by atoms with Crippen LogP contribution >= 0.6 is 34.2 Å². The lowest BCUT2D eigenvalue weighted by atomic mass is 9.96. The molecule has 0 aliphatic carbocycles. The van der Waals surface area contributed by atoms with Gasteiger partial charge in [-0.1, -0.05) is 67.0 Å². The maximum Gasteiger partial charge on any atom is 0.335 e. The Labute approximate surface area is 235 Å². The highest BCUT2D eigenvalue weighted by molar-refractivity contribution is 14.1. The van der Waals surface area contributed by atoms with Gasteiger partial charge in [0.2, 0.25) is 0 Å². The molecule has 2 aliphatic rings. The number of halogens is 2. The fourth-order valence-electron chi connectivity index (χ4n) is 5.87. The number of hydrogen-bond donors (Lipinski definition) is 1. The second-order valence-electron chi connectivity index (χ2n) is 11.5. The van der Waals surface area contributed by atoms with Gasteiger partial charge in [-0.15, -0.1) is 0 Å². The predicted octanol–water partition coefficient (Wildman–Crippen LogP) is 6.29. The molecule has 2 unspecified atom stereocenters. The maximum absolute atomic E-state index is 12.1. The summed E-state index contributed by atoms with van der Waals surface area (Å²) >= 11 is 8.60. The van der Waals surface area contributed by atoms with E-state index in [0.717, 1.165) is 8.96 Å². The van der Waals surface area contributed by atoms with Crippen LogP contribution in [0, 0.1) is 3.57 Å². The van der Waals surface area contributed by atoms with Crippen molar-refractivity contribution in [2.45, 2.75) is 109 Å². The highest BCUT2D eigenvalue weighted by atomic mass is 127. The minimum atomic E-state index is -2.90. The molecule has 12 heteroatoms. The molecule has 0 aromatic carbocycles. The second-order valence-corrected chi connectivity index (χ2v) is 21.9. The minimum Gasteiger partial charge on any atom is -0.414 e. The van der Waals surface area contributed by atoms with E-state index in [1.807, 2.05) is 10.8 Å². The Morgan fingerprint density at radius 1 is 1.06 bits per heavy atom. The van der Waals surface area contributed by atoms with E-state index in [-0.39, 0.29) is 22.2 Å². The van der Waals surface area contributed by atoms with Gasteiger partial charge in [0.05, 0.1) is 12.0 Å². The Morgan fingerprint density at radius 3 is 2.19 bits per heavy atom. The van der Waals surface area contributed by atoms with Crippen molar-refractivity contribution in [2.75, 3.05) is 6.61 Å². The zero-order valence-corrected chi connectivity index (χ0v) is 27.5. The molecule has 2 aromatic heterocycles. The SMILES string of the molecule is CC(C)[Si]1(C(C)C)OCC2OC(n3cc(I)c4c(Cl)ncnc43)[C@@](C)(O)[C@@H]2O[Si](C(C)C)(C(C)C)O1. The Balaban J connectivity index is 1.84. The Morgan fingerprint density at radius 2 is 1.64 bits per heavy atom. The van der Waals surface area contributed by atoms with E-state index in [0.29, 0.717) is 17.4 Å². The molecule has 4 rings (SSSR count). The van der Waals surface area contributed by atoms with Crippen molar-refractivity contribution in [3.8, 4) is 0 Å². The summed E-state index contributed by atoms with van der Waals surface area (Å²) in [5, 5.41) is 13.2. The first-order valence-corrected chi connectivity index (χ1v) is 18.1. The molecule has 0 spiro atoms. The van der Waals surface area contributed by atoms with Crippen molar-refractivity contribution in [1.29, 1.82) is 0 Å². The molecule has 2 fully saturated rings. The molecule has 4 heterocycles. The van der Waals surface area contributed by atoms with Gasteiger partial charge in [-0.3, -0.25) is 0 Å². The summed E-state index contributed by atoms with van der Waals surface area (Å²) in [7, 11) is -5.61. The van der Waals surface area contributed by atoms with E-state index in [4.69, 9.17) is 29.3 Å². The van der Waals surface area contributed by atoms with Gasteiger partial charge in [0.15, 0.2) is 6.23 Å². The average Bonchev–Trinajstić information content (AvgIpc) is 3.21. The molecule has 4 atom stereocenters. The molecule has 2 aromatic rings. The maximum atomic E-state index is 12.1. The summed E-state index contributed by atoms with van der Waals surface area (Å²) in [4.78, 5) is 8.60. The summed E-state index contributed by atoms with van der Waals surface area (Å²) in [5.74, 6) is 0.